The normalized spacial score (nSPS) is 19.5. The van der Waals surface area contributed by atoms with Crippen LogP contribution in [-0.4, -0.2) is 23.8 Å². The van der Waals surface area contributed by atoms with Gasteiger partial charge < -0.3 is 14.6 Å². The summed E-state index contributed by atoms with van der Waals surface area (Å²) in [5.41, 5.74) is 1.41. The average Bonchev–Trinajstić information content (AvgIpc) is 2.91. The second-order valence-corrected chi connectivity index (χ2v) is 4.42. The monoisotopic (exact) mass is 238 g/mol. The van der Waals surface area contributed by atoms with Crippen molar-refractivity contribution in [2.45, 2.75) is 45.6 Å². The fraction of sp³-hybridized carbons (Fsp3) is 0.667. The first-order chi connectivity index (χ1) is 8.16. The van der Waals surface area contributed by atoms with E-state index in [9.17, 15) is 4.79 Å². The second-order valence-electron chi connectivity index (χ2n) is 4.42. The van der Waals surface area contributed by atoms with Gasteiger partial charge in [0.25, 0.3) is 0 Å². The highest BCUT2D eigenvalue weighted by Crippen LogP contribution is 2.20. The molecule has 1 aliphatic rings. The van der Waals surface area contributed by atoms with E-state index in [1.54, 1.807) is 6.92 Å². The number of aryl methyl sites for hydroxylation is 2. The lowest BCUT2D eigenvalue weighted by Gasteiger charge is -2.08. The van der Waals surface area contributed by atoms with Crippen LogP contribution in [0.3, 0.4) is 0 Å². The molecule has 5 heteroatoms. The second kappa shape index (κ2) is 5.31. The molecule has 94 valence electrons. The molecule has 0 saturated carbocycles. The average molecular weight is 238 g/mol. The number of ether oxygens (including phenoxy) is 1. The summed E-state index contributed by atoms with van der Waals surface area (Å²) in [7, 11) is 0. The van der Waals surface area contributed by atoms with Crippen molar-refractivity contribution in [3.8, 4) is 0 Å². The van der Waals surface area contributed by atoms with Crippen LogP contribution in [0.1, 0.15) is 37.1 Å². The van der Waals surface area contributed by atoms with Gasteiger partial charge in [0.2, 0.25) is 5.91 Å². The summed E-state index contributed by atoms with van der Waals surface area (Å²) in [6.45, 7) is 4.43. The minimum Gasteiger partial charge on any atom is -0.378 e. The SMILES string of the molecule is Cc1noc(C)c1NC(=O)CC[C@@H]1CCCO1. The lowest BCUT2D eigenvalue weighted by atomic mass is 10.1. The molecule has 0 spiro atoms. The number of nitrogens with zero attached hydrogens (tertiary/aromatic N) is 1. The number of hydrogen-bond donors (Lipinski definition) is 1. The molecule has 1 saturated heterocycles. The molecule has 1 amide bonds. The molecule has 0 unspecified atom stereocenters. The zero-order chi connectivity index (χ0) is 12.3. The van der Waals surface area contributed by atoms with E-state index in [2.05, 4.69) is 10.5 Å². The Morgan fingerprint density at radius 3 is 2.94 bits per heavy atom. The van der Waals surface area contributed by atoms with Crippen LogP contribution in [0.5, 0.6) is 0 Å². The van der Waals surface area contributed by atoms with Crippen molar-refractivity contribution in [1.29, 1.82) is 0 Å². The van der Waals surface area contributed by atoms with Crippen LogP contribution < -0.4 is 5.32 Å². The molecule has 2 heterocycles. The summed E-state index contributed by atoms with van der Waals surface area (Å²) in [4.78, 5) is 11.7. The molecule has 0 aromatic carbocycles. The molecule has 1 fully saturated rings. The maximum Gasteiger partial charge on any atom is 0.224 e. The molecule has 0 aliphatic carbocycles. The zero-order valence-electron chi connectivity index (χ0n) is 10.3. The number of anilines is 1. The molecule has 5 nitrogen and oxygen atoms in total. The zero-order valence-corrected chi connectivity index (χ0v) is 10.3. The third kappa shape index (κ3) is 3.06. The highest BCUT2D eigenvalue weighted by molar-refractivity contribution is 5.91. The molecule has 1 atom stereocenters. The molecule has 0 bridgehead atoms. The van der Waals surface area contributed by atoms with Gasteiger partial charge in [0.15, 0.2) is 5.76 Å². The van der Waals surface area contributed by atoms with Gasteiger partial charge in [-0.3, -0.25) is 4.79 Å². The van der Waals surface area contributed by atoms with E-state index >= 15 is 0 Å². The van der Waals surface area contributed by atoms with Crippen molar-refractivity contribution in [3.63, 3.8) is 0 Å². The van der Waals surface area contributed by atoms with Crippen LogP contribution in [0.15, 0.2) is 4.52 Å². The van der Waals surface area contributed by atoms with Gasteiger partial charge in [-0.05, 0) is 33.1 Å². The highest BCUT2D eigenvalue weighted by atomic mass is 16.5. The predicted molar refractivity (Wildman–Crippen MR) is 62.8 cm³/mol. The Morgan fingerprint density at radius 2 is 2.35 bits per heavy atom. The van der Waals surface area contributed by atoms with Crippen molar-refractivity contribution < 1.29 is 14.1 Å². The van der Waals surface area contributed by atoms with Gasteiger partial charge in [0.05, 0.1) is 6.10 Å². The van der Waals surface area contributed by atoms with Gasteiger partial charge in [-0.15, -0.1) is 0 Å². The molecule has 0 radical (unpaired) electrons. The molecule has 1 N–H and O–H groups in total. The summed E-state index contributed by atoms with van der Waals surface area (Å²) in [5, 5.41) is 6.62. The van der Waals surface area contributed by atoms with Gasteiger partial charge in [0.1, 0.15) is 11.4 Å². The number of hydrogen-bond acceptors (Lipinski definition) is 4. The predicted octanol–water partition coefficient (Wildman–Crippen LogP) is 2.19. The Labute approximate surface area is 101 Å². The largest absolute Gasteiger partial charge is 0.378 e. The molecule has 1 aromatic rings. The topological polar surface area (TPSA) is 64.4 Å². The molecule has 1 aliphatic heterocycles. The maximum atomic E-state index is 11.7. The molecule has 1 aromatic heterocycles. The fourth-order valence-electron chi connectivity index (χ4n) is 2.03. The van der Waals surface area contributed by atoms with E-state index < -0.39 is 0 Å². The smallest absolute Gasteiger partial charge is 0.224 e. The summed E-state index contributed by atoms with van der Waals surface area (Å²) in [6, 6.07) is 0. The number of nitrogens with one attached hydrogen (secondary N) is 1. The Bertz CT molecular complexity index is 375. The lowest BCUT2D eigenvalue weighted by Crippen LogP contribution is -2.15. The van der Waals surface area contributed by atoms with E-state index in [1.165, 1.54) is 0 Å². The minimum atomic E-state index is -0.00472. The van der Waals surface area contributed by atoms with Gasteiger partial charge in [-0.2, -0.15) is 0 Å². The quantitative estimate of drug-likeness (QED) is 0.873. The van der Waals surface area contributed by atoms with E-state index in [-0.39, 0.29) is 12.0 Å². The Balaban J connectivity index is 1.80. The standard InChI is InChI=1S/C12H18N2O3/c1-8-12(9(2)17-14-8)13-11(15)6-5-10-4-3-7-16-10/h10H,3-7H2,1-2H3,(H,13,15)/t10-/m0/s1. The number of aromatic nitrogens is 1. The minimum absolute atomic E-state index is 0.00472. The lowest BCUT2D eigenvalue weighted by molar-refractivity contribution is -0.116. The van der Waals surface area contributed by atoms with Crippen molar-refractivity contribution in [1.82, 2.24) is 5.16 Å². The summed E-state index contributed by atoms with van der Waals surface area (Å²) < 4.78 is 10.5. The Morgan fingerprint density at radius 1 is 1.53 bits per heavy atom. The van der Waals surface area contributed by atoms with Crippen molar-refractivity contribution >= 4 is 11.6 Å². The van der Waals surface area contributed by atoms with Gasteiger partial charge in [-0.25, -0.2) is 0 Å². The van der Waals surface area contributed by atoms with Gasteiger partial charge >= 0.3 is 0 Å². The third-order valence-corrected chi connectivity index (χ3v) is 3.02. The maximum absolute atomic E-state index is 11.7. The highest BCUT2D eigenvalue weighted by Gasteiger charge is 2.18. The van der Waals surface area contributed by atoms with Crippen LogP contribution in [0, 0.1) is 13.8 Å². The van der Waals surface area contributed by atoms with Crippen molar-refractivity contribution in [2.24, 2.45) is 0 Å². The number of carbonyl (C=O) groups excluding carboxylic acids is 1. The van der Waals surface area contributed by atoms with E-state index in [0.717, 1.165) is 25.9 Å². The first-order valence-electron chi connectivity index (χ1n) is 6.01. The van der Waals surface area contributed by atoms with Crippen LogP contribution >= 0.6 is 0 Å². The molecular formula is C12H18N2O3. The van der Waals surface area contributed by atoms with Crippen LogP contribution in [0.25, 0.3) is 0 Å². The number of carbonyl (C=O) groups is 1. The summed E-state index contributed by atoms with van der Waals surface area (Å²) in [6.07, 6.45) is 3.70. The Kier molecular flexibility index (Phi) is 3.78. The van der Waals surface area contributed by atoms with Gasteiger partial charge in [0, 0.05) is 13.0 Å². The van der Waals surface area contributed by atoms with E-state index in [4.69, 9.17) is 9.26 Å². The van der Waals surface area contributed by atoms with E-state index in [1.807, 2.05) is 6.92 Å². The van der Waals surface area contributed by atoms with Gasteiger partial charge in [-0.1, -0.05) is 5.16 Å². The summed E-state index contributed by atoms with van der Waals surface area (Å²) >= 11 is 0. The van der Waals surface area contributed by atoms with Crippen LogP contribution in [-0.2, 0) is 9.53 Å². The summed E-state index contributed by atoms with van der Waals surface area (Å²) in [5.74, 6) is 0.642. The van der Waals surface area contributed by atoms with E-state index in [0.29, 0.717) is 23.6 Å². The Hall–Kier alpha value is -1.36. The van der Waals surface area contributed by atoms with Crippen molar-refractivity contribution in [3.05, 3.63) is 11.5 Å². The number of amides is 1. The van der Waals surface area contributed by atoms with Crippen molar-refractivity contribution in [2.75, 3.05) is 11.9 Å². The first-order valence-corrected chi connectivity index (χ1v) is 6.01. The third-order valence-electron chi connectivity index (χ3n) is 3.02. The first kappa shape index (κ1) is 12.1. The molecule has 2 rings (SSSR count). The molecule has 17 heavy (non-hydrogen) atoms. The van der Waals surface area contributed by atoms with Crippen LogP contribution in [0.2, 0.25) is 0 Å². The van der Waals surface area contributed by atoms with Crippen LogP contribution in [0.4, 0.5) is 5.69 Å². The molecular weight excluding hydrogens is 220 g/mol. The number of rotatable bonds is 4. The fourth-order valence-corrected chi connectivity index (χ4v) is 2.03.